The average Bonchev–Trinajstić information content (AvgIpc) is 2.85. The van der Waals surface area contributed by atoms with Crippen LogP contribution in [0.5, 0.6) is 0 Å². The van der Waals surface area contributed by atoms with E-state index in [2.05, 4.69) is 25.5 Å². The number of aromatic amines is 1. The maximum absolute atomic E-state index is 11.9. The molecule has 0 aliphatic rings. The van der Waals surface area contributed by atoms with E-state index in [4.69, 9.17) is 5.73 Å². The highest BCUT2D eigenvalue weighted by Crippen LogP contribution is 2.16. The number of carbonyl (C=O) groups is 1. The van der Waals surface area contributed by atoms with Gasteiger partial charge in [0.15, 0.2) is 0 Å². The number of nitrogens with two attached hydrogens (primary N) is 1. The van der Waals surface area contributed by atoms with Crippen molar-refractivity contribution in [1.29, 1.82) is 0 Å². The van der Waals surface area contributed by atoms with Crippen LogP contribution in [0, 0.1) is 0 Å². The highest BCUT2D eigenvalue weighted by molar-refractivity contribution is 6.06. The van der Waals surface area contributed by atoms with E-state index < -0.39 is 0 Å². The Labute approximate surface area is 107 Å². The number of nitrogens with one attached hydrogen (secondary N) is 2. The van der Waals surface area contributed by atoms with Crippen molar-refractivity contribution in [2.75, 3.05) is 11.1 Å². The van der Waals surface area contributed by atoms with Gasteiger partial charge in [0.2, 0.25) is 0 Å². The minimum absolute atomic E-state index is 0.235. The Morgan fingerprint density at radius 2 is 2.00 bits per heavy atom. The van der Waals surface area contributed by atoms with Gasteiger partial charge in [0.1, 0.15) is 5.69 Å². The predicted molar refractivity (Wildman–Crippen MR) is 70.5 cm³/mol. The third kappa shape index (κ3) is 2.08. The van der Waals surface area contributed by atoms with Crippen LogP contribution in [0.1, 0.15) is 10.5 Å². The first-order valence-electron chi connectivity index (χ1n) is 5.55. The number of anilines is 2. The largest absolute Gasteiger partial charge is 0.396 e. The van der Waals surface area contributed by atoms with Gasteiger partial charge >= 0.3 is 0 Å². The van der Waals surface area contributed by atoms with Crippen LogP contribution < -0.4 is 11.1 Å². The van der Waals surface area contributed by atoms with Gasteiger partial charge in [-0.05, 0) is 18.2 Å². The van der Waals surface area contributed by atoms with Gasteiger partial charge in [0.25, 0.3) is 5.91 Å². The van der Waals surface area contributed by atoms with Crippen LogP contribution in [-0.4, -0.2) is 26.1 Å². The van der Waals surface area contributed by atoms with E-state index in [1.807, 2.05) is 0 Å². The molecule has 7 nitrogen and oxygen atoms in total. The third-order valence-corrected chi connectivity index (χ3v) is 2.62. The third-order valence-electron chi connectivity index (χ3n) is 2.62. The van der Waals surface area contributed by atoms with Crippen molar-refractivity contribution in [2.45, 2.75) is 0 Å². The number of H-pyrrole nitrogens is 1. The number of hydrogen-bond donors (Lipinski definition) is 3. The lowest BCUT2D eigenvalue weighted by Crippen LogP contribution is -2.14. The Morgan fingerprint density at radius 3 is 2.74 bits per heavy atom. The predicted octanol–water partition coefficient (Wildman–Crippen LogP) is 1.19. The van der Waals surface area contributed by atoms with E-state index >= 15 is 0 Å². The monoisotopic (exact) mass is 254 g/mol. The second-order valence-electron chi connectivity index (χ2n) is 3.91. The Kier molecular flexibility index (Phi) is 2.57. The van der Waals surface area contributed by atoms with E-state index in [0.717, 1.165) is 5.52 Å². The standard InChI is InChI=1S/C12H10N6O/c13-8-6-16-18-11(8)12(19)17-7-1-2-9-10(5-7)15-4-3-14-9/h1-6H,13H2,(H,16,18)(H,17,19). The van der Waals surface area contributed by atoms with Crippen molar-refractivity contribution in [3.63, 3.8) is 0 Å². The molecule has 1 amide bonds. The van der Waals surface area contributed by atoms with Crippen LogP contribution in [0.15, 0.2) is 36.8 Å². The number of benzene rings is 1. The lowest BCUT2D eigenvalue weighted by molar-refractivity contribution is 0.102. The van der Waals surface area contributed by atoms with Crippen LogP contribution in [0.3, 0.4) is 0 Å². The number of carbonyl (C=O) groups excluding carboxylic acids is 1. The first kappa shape index (κ1) is 11.1. The minimum atomic E-state index is -0.349. The van der Waals surface area contributed by atoms with Crippen LogP contribution >= 0.6 is 0 Å². The number of amides is 1. The summed E-state index contributed by atoms with van der Waals surface area (Å²) in [6.45, 7) is 0. The van der Waals surface area contributed by atoms with Crippen molar-refractivity contribution in [3.05, 3.63) is 42.5 Å². The van der Waals surface area contributed by atoms with Crippen LogP contribution in [-0.2, 0) is 0 Å². The molecule has 7 heteroatoms. The first-order chi connectivity index (χ1) is 9.24. The Bertz CT molecular complexity index is 751. The molecule has 3 rings (SSSR count). The smallest absolute Gasteiger partial charge is 0.275 e. The van der Waals surface area contributed by atoms with Gasteiger partial charge in [-0.3, -0.25) is 19.9 Å². The summed E-state index contributed by atoms with van der Waals surface area (Å²) in [5, 5.41) is 8.97. The molecule has 0 atom stereocenters. The molecule has 0 aliphatic heterocycles. The van der Waals surface area contributed by atoms with Crippen molar-refractivity contribution in [2.24, 2.45) is 0 Å². The Morgan fingerprint density at radius 1 is 1.21 bits per heavy atom. The molecule has 4 N–H and O–H groups in total. The summed E-state index contributed by atoms with van der Waals surface area (Å²) >= 11 is 0. The van der Waals surface area contributed by atoms with Gasteiger partial charge < -0.3 is 11.1 Å². The summed E-state index contributed by atoms with van der Waals surface area (Å²) in [5.41, 5.74) is 8.24. The van der Waals surface area contributed by atoms with Gasteiger partial charge in [-0.15, -0.1) is 0 Å². The van der Waals surface area contributed by atoms with E-state index in [9.17, 15) is 4.79 Å². The Hall–Kier alpha value is -2.96. The van der Waals surface area contributed by atoms with E-state index in [-0.39, 0.29) is 11.6 Å². The number of nitrogen functional groups attached to an aromatic ring is 1. The summed E-state index contributed by atoms with van der Waals surface area (Å²) in [4.78, 5) is 20.3. The fourth-order valence-electron chi connectivity index (χ4n) is 1.71. The van der Waals surface area contributed by atoms with E-state index in [1.54, 1.807) is 30.6 Å². The van der Waals surface area contributed by atoms with Crippen LogP contribution in [0.2, 0.25) is 0 Å². The number of aromatic nitrogens is 4. The zero-order valence-electron chi connectivity index (χ0n) is 9.79. The molecule has 1 aromatic carbocycles. The molecule has 0 saturated heterocycles. The van der Waals surface area contributed by atoms with Crippen LogP contribution in [0.4, 0.5) is 11.4 Å². The molecule has 0 saturated carbocycles. The van der Waals surface area contributed by atoms with Crippen molar-refractivity contribution >= 4 is 28.3 Å². The molecule has 0 fully saturated rings. The first-order valence-corrected chi connectivity index (χ1v) is 5.55. The fourth-order valence-corrected chi connectivity index (χ4v) is 1.71. The Balaban J connectivity index is 1.89. The molecular weight excluding hydrogens is 244 g/mol. The topological polar surface area (TPSA) is 110 Å². The van der Waals surface area contributed by atoms with Gasteiger partial charge in [0, 0.05) is 18.1 Å². The van der Waals surface area contributed by atoms with Crippen molar-refractivity contribution in [3.8, 4) is 0 Å². The fraction of sp³-hybridized carbons (Fsp3) is 0. The highest BCUT2D eigenvalue weighted by atomic mass is 16.1. The molecular formula is C12H10N6O. The quantitative estimate of drug-likeness (QED) is 0.636. The number of rotatable bonds is 2. The molecule has 19 heavy (non-hydrogen) atoms. The highest BCUT2D eigenvalue weighted by Gasteiger charge is 2.12. The molecule has 2 heterocycles. The molecule has 0 spiro atoms. The molecule has 0 radical (unpaired) electrons. The number of nitrogens with zero attached hydrogens (tertiary/aromatic N) is 3. The zero-order chi connectivity index (χ0) is 13.2. The van der Waals surface area contributed by atoms with Crippen molar-refractivity contribution < 1.29 is 4.79 Å². The molecule has 0 unspecified atom stereocenters. The molecule has 0 bridgehead atoms. The normalized spacial score (nSPS) is 10.5. The zero-order valence-corrected chi connectivity index (χ0v) is 9.79. The average molecular weight is 254 g/mol. The summed E-state index contributed by atoms with van der Waals surface area (Å²) in [5.74, 6) is -0.349. The lowest BCUT2D eigenvalue weighted by Gasteiger charge is -2.05. The molecule has 3 aromatic rings. The summed E-state index contributed by atoms with van der Waals surface area (Å²) in [7, 11) is 0. The number of fused-ring (bicyclic) bond motifs is 1. The van der Waals surface area contributed by atoms with E-state index in [1.165, 1.54) is 6.20 Å². The van der Waals surface area contributed by atoms with Crippen LogP contribution in [0.25, 0.3) is 11.0 Å². The molecule has 2 aromatic heterocycles. The lowest BCUT2D eigenvalue weighted by atomic mass is 10.2. The molecule has 94 valence electrons. The van der Waals surface area contributed by atoms with Crippen molar-refractivity contribution in [1.82, 2.24) is 20.2 Å². The summed E-state index contributed by atoms with van der Waals surface area (Å²) in [6, 6.07) is 5.28. The maximum Gasteiger partial charge on any atom is 0.275 e. The number of hydrogen-bond acceptors (Lipinski definition) is 5. The molecule has 0 aliphatic carbocycles. The SMILES string of the molecule is Nc1cn[nH]c1C(=O)Nc1ccc2nccnc2c1. The van der Waals surface area contributed by atoms with Gasteiger partial charge in [0.05, 0.1) is 22.9 Å². The summed E-state index contributed by atoms with van der Waals surface area (Å²) < 4.78 is 0. The van der Waals surface area contributed by atoms with E-state index in [0.29, 0.717) is 16.9 Å². The minimum Gasteiger partial charge on any atom is -0.396 e. The van der Waals surface area contributed by atoms with Gasteiger partial charge in [-0.25, -0.2) is 0 Å². The van der Waals surface area contributed by atoms with Gasteiger partial charge in [-0.1, -0.05) is 0 Å². The summed E-state index contributed by atoms with van der Waals surface area (Å²) in [6.07, 6.45) is 4.60. The second-order valence-corrected chi connectivity index (χ2v) is 3.91. The maximum atomic E-state index is 11.9. The second kappa shape index (κ2) is 4.37. The van der Waals surface area contributed by atoms with Gasteiger partial charge in [-0.2, -0.15) is 5.10 Å².